The predicted molar refractivity (Wildman–Crippen MR) is 108 cm³/mol. The first kappa shape index (κ1) is 19.1. The zero-order valence-electron chi connectivity index (χ0n) is 16.6. The van der Waals surface area contributed by atoms with Gasteiger partial charge in [0.25, 0.3) is 5.91 Å². The number of rotatable bonds is 6. The smallest absolute Gasteiger partial charge is 0.261 e. The first-order chi connectivity index (χ1) is 14.0. The molecule has 1 N–H and O–H groups in total. The Labute approximate surface area is 169 Å². The van der Waals surface area contributed by atoms with E-state index in [9.17, 15) is 9.59 Å². The van der Waals surface area contributed by atoms with Crippen molar-refractivity contribution in [3.05, 3.63) is 59.2 Å². The van der Waals surface area contributed by atoms with E-state index < -0.39 is 5.92 Å². The van der Waals surface area contributed by atoms with Gasteiger partial charge in [0.2, 0.25) is 12.7 Å². The Morgan fingerprint density at radius 1 is 1.14 bits per heavy atom. The highest BCUT2D eigenvalue weighted by molar-refractivity contribution is 6.16. The van der Waals surface area contributed by atoms with E-state index in [0.29, 0.717) is 29.2 Å². The normalized spacial score (nSPS) is 18.0. The molecule has 0 bridgehead atoms. The summed E-state index contributed by atoms with van der Waals surface area (Å²) in [6, 6.07) is 12.7. The van der Waals surface area contributed by atoms with E-state index in [1.165, 1.54) is 9.80 Å². The van der Waals surface area contributed by atoms with Crippen molar-refractivity contribution in [1.82, 2.24) is 4.90 Å². The Bertz CT molecular complexity index is 970. The van der Waals surface area contributed by atoms with Crippen molar-refractivity contribution < 1.29 is 24.0 Å². The second-order valence-electron chi connectivity index (χ2n) is 7.49. The summed E-state index contributed by atoms with van der Waals surface area (Å²) in [5.74, 6) is 0.195. The fraction of sp³-hybridized carbons (Fsp3) is 0.318. The number of nitrogens with zero attached hydrogens (tertiary/aromatic N) is 2. The molecule has 0 aromatic heterocycles. The second-order valence-corrected chi connectivity index (χ2v) is 7.49. The summed E-state index contributed by atoms with van der Waals surface area (Å²) in [6.07, 6.45) is 1.68. The average molecular weight is 394 g/mol. The van der Waals surface area contributed by atoms with E-state index in [1.54, 1.807) is 18.3 Å². The Balaban J connectivity index is 1.61. The van der Waals surface area contributed by atoms with Crippen LogP contribution in [0.5, 0.6) is 11.5 Å². The minimum Gasteiger partial charge on any atom is -0.454 e. The van der Waals surface area contributed by atoms with Gasteiger partial charge in [-0.3, -0.25) is 19.5 Å². The number of carbonyl (C=O) groups is 2. The summed E-state index contributed by atoms with van der Waals surface area (Å²) < 4.78 is 10.7. The molecule has 29 heavy (non-hydrogen) atoms. The highest BCUT2D eigenvalue weighted by atomic mass is 16.7. The number of aliphatic imine (C=N–C) groups is 1. The molecule has 2 aliphatic heterocycles. The maximum absolute atomic E-state index is 13.2. The number of benzene rings is 2. The van der Waals surface area contributed by atoms with E-state index in [-0.39, 0.29) is 25.2 Å². The molecule has 0 spiro atoms. The molecule has 1 atom stereocenters. The largest absolute Gasteiger partial charge is 0.454 e. The van der Waals surface area contributed by atoms with Crippen molar-refractivity contribution in [2.24, 2.45) is 4.99 Å². The van der Waals surface area contributed by atoms with E-state index >= 15 is 0 Å². The van der Waals surface area contributed by atoms with Crippen LogP contribution in [0.2, 0.25) is 0 Å². The summed E-state index contributed by atoms with van der Waals surface area (Å²) in [5.41, 5.74) is 2.06. The third-order valence-electron chi connectivity index (χ3n) is 5.08. The molecule has 150 valence electrons. The average Bonchev–Trinajstić information content (AvgIpc) is 3.18. The third-order valence-corrected chi connectivity index (χ3v) is 5.08. The van der Waals surface area contributed by atoms with Gasteiger partial charge in [-0.1, -0.05) is 24.3 Å². The number of hydrogen-bond acceptors (Lipinski definition) is 5. The van der Waals surface area contributed by atoms with Gasteiger partial charge in [-0.15, -0.1) is 0 Å². The minimum absolute atomic E-state index is 0.175. The number of amides is 2. The lowest BCUT2D eigenvalue weighted by molar-refractivity contribution is -0.856. The van der Waals surface area contributed by atoms with Crippen molar-refractivity contribution in [3.8, 4) is 11.5 Å². The van der Waals surface area contributed by atoms with Gasteiger partial charge >= 0.3 is 0 Å². The molecule has 4 rings (SSSR count). The van der Waals surface area contributed by atoms with Crippen LogP contribution in [0.15, 0.2) is 47.5 Å². The Morgan fingerprint density at radius 2 is 1.93 bits per heavy atom. The molecule has 7 heteroatoms. The number of likely N-dealkylation sites (N-methyl/N-ethyl adjacent to an activating group) is 1. The Hall–Kier alpha value is -3.19. The van der Waals surface area contributed by atoms with E-state index in [2.05, 4.69) is 19.1 Å². The second kappa shape index (κ2) is 8.05. The zero-order valence-corrected chi connectivity index (χ0v) is 16.6. The molecule has 2 heterocycles. The molecule has 0 saturated carbocycles. The summed E-state index contributed by atoms with van der Waals surface area (Å²) in [6.45, 7) is 1.86. The van der Waals surface area contributed by atoms with Crippen LogP contribution < -0.4 is 14.4 Å². The Morgan fingerprint density at radius 3 is 2.76 bits per heavy atom. The highest BCUT2D eigenvalue weighted by Gasteiger charge is 2.37. The van der Waals surface area contributed by atoms with Gasteiger partial charge in [0, 0.05) is 11.8 Å². The summed E-state index contributed by atoms with van der Waals surface area (Å²) in [5, 5.41) is 0. The minimum atomic E-state index is -0.560. The zero-order chi connectivity index (χ0) is 20.4. The number of carbonyl (C=O) groups excluding carboxylic acids is 2. The first-order valence-corrected chi connectivity index (χ1v) is 9.66. The fourth-order valence-electron chi connectivity index (χ4n) is 3.49. The predicted octanol–water partition coefficient (Wildman–Crippen LogP) is 0.897. The Kier molecular flexibility index (Phi) is 5.31. The van der Waals surface area contributed by atoms with Gasteiger partial charge in [-0.05, 0) is 29.3 Å². The monoisotopic (exact) mass is 394 g/mol. The molecule has 2 aliphatic rings. The van der Waals surface area contributed by atoms with Gasteiger partial charge in [0.15, 0.2) is 11.5 Å². The summed E-state index contributed by atoms with van der Waals surface area (Å²) in [4.78, 5) is 33.3. The maximum atomic E-state index is 13.2. The lowest BCUT2D eigenvalue weighted by atomic mass is 9.89. The topological polar surface area (TPSA) is 72.6 Å². The number of quaternary nitrogens is 1. The van der Waals surface area contributed by atoms with E-state index in [0.717, 1.165) is 12.1 Å². The summed E-state index contributed by atoms with van der Waals surface area (Å²) in [7, 11) is 4.12. The molecule has 0 radical (unpaired) electrons. The first-order valence-electron chi connectivity index (χ1n) is 9.66. The molecule has 0 aliphatic carbocycles. The molecule has 7 nitrogen and oxygen atoms in total. The quantitative estimate of drug-likeness (QED) is 0.584. The van der Waals surface area contributed by atoms with Gasteiger partial charge < -0.3 is 14.4 Å². The SMILES string of the molecule is C[NH+](C)CCN=CC1C(=O)N(Cc2ccc3c(c2)OCO3)C(=O)c2ccccc21. The number of imide groups is 1. The van der Waals surface area contributed by atoms with E-state index in [4.69, 9.17) is 9.47 Å². The molecule has 0 saturated heterocycles. The van der Waals surface area contributed by atoms with Crippen LogP contribution in [0.4, 0.5) is 0 Å². The molecule has 2 amide bonds. The number of fused-ring (bicyclic) bond motifs is 2. The van der Waals surface area contributed by atoms with Crippen molar-refractivity contribution in [1.29, 1.82) is 0 Å². The lowest BCUT2D eigenvalue weighted by Crippen LogP contribution is -3.06. The van der Waals surface area contributed by atoms with Crippen molar-refractivity contribution in [2.45, 2.75) is 12.5 Å². The number of nitrogens with one attached hydrogen (secondary N) is 1. The van der Waals surface area contributed by atoms with Crippen LogP contribution in [0.1, 0.15) is 27.4 Å². The standard InChI is InChI=1S/C22H23N3O4/c1-24(2)10-9-23-12-18-16-5-3-4-6-17(16)21(26)25(22(18)27)13-15-7-8-19-20(11-15)29-14-28-19/h3-8,11-12,18H,9-10,13-14H2,1-2H3/p+1. The molecule has 0 fully saturated rings. The van der Waals surface area contributed by atoms with Crippen LogP contribution in [-0.4, -0.2) is 56.9 Å². The third kappa shape index (κ3) is 3.86. The molecular weight excluding hydrogens is 370 g/mol. The van der Waals surface area contributed by atoms with Crippen LogP contribution in [0, 0.1) is 0 Å². The fourth-order valence-corrected chi connectivity index (χ4v) is 3.49. The molecule has 1 unspecified atom stereocenters. The van der Waals surface area contributed by atoms with Gasteiger partial charge in [0.05, 0.1) is 39.6 Å². The van der Waals surface area contributed by atoms with Crippen molar-refractivity contribution >= 4 is 18.0 Å². The van der Waals surface area contributed by atoms with Crippen LogP contribution in [0.25, 0.3) is 0 Å². The molecule has 2 aromatic carbocycles. The summed E-state index contributed by atoms with van der Waals surface area (Å²) >= 11 is 0. The maximum Gasteiger partial charge on any atom is 0.261 e. The van der Waals surface area contributed by atoms with Gasteiger partial charge in [-0.2, -0.15) is 0 Å². The molecule has 2 aromatic rings. The van der Waals surface area contributed by atoms with Gasteiger partial charge in [0.1, 0.15) is 0 Å². The van der Waals surface area contributed by atoms with Crippen LogP contribution >= 0.6 is 0 Å². The van der Waals surface area contributed by atoms with E-state index in [1.807, 2.05) is 30.3 Å². The highest BCUT2D eigenvalue weighted by Crippen LogP contribution is 2.34. The van der Waals surface area contributed by atoms with Crippen molar-refractivity contribution in [3.63, 3.8) is 0 Å². The lowest BCUT2D eigenvalue weighted by Gasteiger charge is -2.31. The van der Waals surface area contributed by atoms with Crippen molar-refractivity contribution in [2.75, 3.05) is 34.0 Å². The van der Waals surface area contributed by atoms with Gasteiger partial charge in [-0.25, -0.2) is 0 Å². The van der Waals surface area contributed by atoms with Crippen LogP contribution in [0.3, 0.4) is 0 Å². The number of hydrogen-bond donors (Lipinski definition) is 1. The number of ether oxygens (including phenoxy) is 2. The van der Waals surface area contributed by atoms with Crippen LogP contribution in [-0.2, 0) is 11.3 Å². The molecular formula is C22H24N3O4+.